The van der Waals surface area contributed by atoms with Gasteiger partial charge in [-0.2, -0.15) is 0 Å². The van der Waals surface area contributed by atoms with Crippen LogP contribution in [0.1, 0.15) is 5.56 Å². The Hall–Kier alpha value is -3.80. The number of anilines is 1. The second-order valence-corrected chi connectivity index (χ2v) is 7.04. The molecule has 3 heterocycles. The van der Waals surface area contributed by atoms with E-state index >= 15 is 0 Å². The number of ether oxygens (including phenoxy) is 1. The third-order valence-corrected chi connectivity index (χ3v) is 4.70. The molecule has 0 saturated carbocycles. The lowest BCUT2D eigenvalue weighted by Gasteiger charge is -2.33. The first kappa shape index (κ1) is 20.5. The summed E-state index contributed by atoms with van der Waals surface area (Å²) < 4.78 is 19.7. The van der Waals surface area contributed by atoms with Crippen molar-refractivity contribution in [1.29, 1.82) is 0 Å². The molecule has 11 nitrogen and oxygen atoms in total. The Balaban J connectivity index is 1.38. The van der Waals surface area contributed by atoms with Crippen LogP contribution in [0.2, 0.25) is 0 Å². The second-order valence-electron chi connectivity index (χ2n) is 7.04. The predicted molar refractivity (Wildman–Crippen MR) is 111 cm³/mol. The number of hydrogen-bond donors (Lipinski definition) is 3. The smallest absolute Gasteiger partial charge is 0.437 e. The quantitative estimate of drug-likeness (QED) is 0.336. The standard InChI is InChI=1S/C19H21FN8O3/c20-16-11(10-30-19(29)26-17(21)22)2-1-3-15(16)12-4-24-18(25-5-12)28-8-13(9-28)27-31-14-6-23-7-14/h1-5,14,23H,6-10H2,(H4,21,22,26,29). The molecule has 2 fully saturated rings. The summed E-state index contributed by atoms with van der Waals surface area (Å²) in [5.41, 5.74) is 12.1. The van der Waals surface area contributed by atoms with Gasteiger partial charge in [-0.3, -0.25) is 0 Å². The number of amides is 1. The van der Waals surface area contributed by atoms with Crippen molar-refractivity contribution in [2.45, 2.75) is 12.7 Å². The van der Waals surface area contributed by atoms with Crippen molar-refractivity contribution in [3.8, 4) is 11.1 Å². The third kappa shape index (κ3) is 4.86. The van der Waals surface area contributed by atoms with Crippen molar-refractivity contribution in [2.75, 3.05) is 31.1 Å². The van der Waals surface area contributed by atoms with Crippen molar-refractivity contribution >= 4 is 23.7 Å². The maximum Gasteiger partial charge on any atom is 0.437 e. The number of halogens is 1. The molecule has 0 aliphatic carbocycles. The number of carbonyl (C=O) groups is 1. The van der Waals surface area contributed by atoms with Gasteiger partial charge in [-0.25, -0.2) is 19.2 Å². The number of benzene rings is 1. The highest BCUT2D eigenvalue weighted by atomic mass is 19.1. The highest BCUT2D eigenvalue weighted by Crippen LogP contribution is 2.26. The van der Waals surface area contributed by atoms with E-state index in [1.54, 1.807) is 24.5 Å². The molecule has 2 saturated heterocycles. The number of guanidine groups is 1. The van der Waals surface area contributed by atoms with Crippen LogP contribution in [0.15, 0.2) is 40.7 Å². The number of aliphatic imine (C=N–C) groups is 1. The van der Waals surface area contributed by atoms with Crippen LogP contribution in [0, 0.1) is 5.82 Å². The van der Waals surface area contributed by atoms with E-state index < -0.39 is 17.9 Å². The number of carbonyl (C=O) groups excluding carboxylic acids is 1. The average molecular weight is 428 g/mol. The molecule has 0 radical (unpaired) electrons. The molecular weight excluding hydrogens is 407 g/mol. The number of nitrogens with two attached hydrogens (primary N) is 2. The van der Waals surface area contributed by atoms with Gasteiger partial charge in [0.2, 0.25) is 5.95 Å². The first-order valence-electron chi connectivity index (χ1n) is 9.53. The van der Waals surface area contributed by atoms with Crippen LogP contribution >= 0.6 is 0 Å². The first-order chi connectivity index (χ1) is 15.0. The van der Waals surface area contributed by atoms with Gasteiger partial charge in [-0.15, -0.1) is 4.99 Å². The fraction of sp³-hybridized carbons (Fsp3) is 0.316. The minimum Gasteiger partial charge on any atom is -0.443 e. The molecule has 2 aliphatic rings. The van der Waals surface area contributed by atoms with Gasteiger partial charge >= 0.3 is 6.09 Å². The van der Waals surface area contributed by atoms with Gasteiger partial charge in [-0.05, 0) is 0 Å². The van der Waals surface area contributed by atoms with E-state index in [2.05, 4.69) is 25.4 Å². The van der Waals surface area contributed by atoms with E-state index in [-0.39, 0.29) is 23.8 Å². The van der Waals surface area contributed by atoms with E-state index in [9.17, 15) is 9.18 Å². The van der Waals surface area contributed by atoms with Crippen molar-refractivity contribution in [2.24, 2.45) is 21.6 Å². The number of aromatic nitrogens is 2. The van der Waals surface area contributed by atoms with Crippen LogP contribution < -0.4 is 21.7 Å². The zero-order valence-corrected chi connectivity index (χ0v) is 16.5. The van der Waals surface area contributed by atoms with Gasteiger partial charge in [0.05, 0.1) is 18.8 Å². The summed E-state index contributed by atoms with van der Waals surface area (Å²) in [5, 5.41) is 7.24. The molecule has 162 valence electrons. The van der Waals surface area contributed by atoms with Crippen LogP contribution in [0.25, 0.3) is 11.1 Å². The summed E-state index contributed by atoms with van der Waals surface area (Å²) in [6.07, 6.45) is 2.24. The highest BCUT2D eigenvalue weighted by molar-refractivity contribution is 5.98. The number of nitrogens with zero attached hydrogens (tertiary/aromatic N) is 5. The van der Waals surface area contributed by atoms with Crippen LogP contribution in [-0.4, -0.2) is 60.0 Å². The number of oxime groups is 1. The minimum absolute atomic E-state index is 0.151. The van der Waals surface area contributed by atoms with Crippen molar-refractivity contribution in [1.82, 2.24) is 15.3 Å². The molecule has 0 unspecified atom stereocenters. The maximum absolute atomic E-state index is 14.9. The van der Waals surface area contributed by atoms with Gasteiger partial charge < -0.3 is 31.3 Å². The molecule has 5 N–H and O–H groups in total. The SMILES string of the molecule is NC(N)=NC(=O)OCc1cccc(-c2cnc(N3CC(=NOC4CNC4)C3)nc2)c1F. The fourth-order valence-electron chi connectivity index (χ4n) is 2.89. The Bertz CT molecular complexity index is 1010. The third-order valence-electron chi connectivity index (χ3n) is 4.70. The minimum atomic E-state index is -0.996. The fourth-order valence-corrected chi connectivity index (χ4v) is 2.89. The van der Waals surface area contributed by atoms with Crippen molar-refractivity contribution < 1.29 is 18.8 Å². The molecule has 2 aromatic rings. The monoisotopic (exact) mass is 428 g/mol. The summed E-state index contributed by atoms with van der Waals surface area (Å²) in [7, 11) is 0. The van der Waals surface area contributed by atoms with Crippen molar-refractivity contribution in [3.05, 3.63) is 42.0 Å². The van der Waals surface area contributed by atoms with Gasteiger partial charge in [0.25, 0.3) is 0 Å². The molecule has 0 spiro atoms. The molecule has 1 aromatic carbocycles. The van der Waals surface area contributed by atoms with Crippen LogP contribution in [0.4, 0.5) is 15.1 Å². The topological polar surface area (TPSA) is 153 Å². The molecule has 1 aromatic heterocycles. The lowest BCUT2D eigenvalue weighted by molar-refractivity contribution is 0.0222. The largest absolute Gasteiger partial charge is 0.443 e. The van der Waals surface area contributed by atoms with Crippen LogP contribution in [0.3, 0.4) is 0 Å². The number of hydrogen-bond acceptors (Lipinski definition) is 8. The Labute approximate surface area is 176 Å². The zero-order chi connectivity index (χ0) is 21.8. The normalized spacial score (nSPS) is 15.5. The predicted octanol–water partition coefficient (Wildman–Crippen LogP) is 0.357. The van der Waals surface area contributed by atoms with Crippen LogP contribution in [-0.2, 0) is 16.2 Å². The molecule has 0 bridgehead atoms. The molecule has 31 heavy (non-hydrogen) atoms. The Morgan fingerprint density at radius 1 is 1.26 bits per heavy atom. The summed E-state index contributed by atoms with van der Waals surface area (Å²) in [6, 6.07) is 4.74. The summed E-state index contributed by atoms with van der Waals surface area (Å²) in [6.45, 7) is 2.50. The Morgan fingerprint density at radius 2 is 2.00 bits per heavy atom. The molecule has 1 amide bonds. The van der Waals surface area contributed by atoms with E-state index in [0.717, 1.165) is 18.8 Å². The lowest BCUT2D eigenvalue weighted by Crippen LogP contribution is -2.50. The number of rotatable bonds is 6. The van der Waals surface area contributed by atoms with Crippen molar-refractivity contribution in [3.63, 3.8) is 0 Å². The summed E-state index contributed by atoms with van der Waals surface area (Å²) in [5.74, 6) is -0.451. The van der Waals surface area contributed by atoms with E-state index in [1.165, 1.54) is 6.07 Å². The van der Waals surface area contributed by atoms with Gasteiger partial charge in [0, 0.05) is 42.2 Å². The Morgan fingerprint density at radius 3 is 2.65 bits per heavy atom. The first-order valence-corrected chi connectivity index (χ1v) is 9.53. The molecule has 12 heteroatoms. The molecule has 0 atom stereocenters. The molecule has 4 rings (SSSR count). The average Bonchev–Trinajstić information content (AvgIpc) is 2.67. The van der Waals surface area contributed by atoms with E-state index in [1.807, 2.05) is 4.90 Å². The van der Waals surface area contributed by atoms with Gasteiger partial charge in [-0.1, -0.05) is 23.4 Å². The van der Waals surface area contributed by atoms with Crippen LogP contribution in [0.5, 0.6) is 0 Å². The lowest BCUT2D eigenvalue weighted by atomic mass is 10.1. The van der Waals surface area contributed by atoms with Gasteiger partial charge in [0.1, 0.15) is 12.4 Å². The zero-order valence-electron chi connectivity index (χ0n) is 16.5. The van der Waals surface area contributed by atoms with E-state index in [0.29, 0.717) is 24.6 Å². The molecular formula is C19H21FN8O3. The Kier molecular flexibility index (Phi) is 5.89. The maximum atomic E-state index is 14.9. The molecule has 2 aliphatic heterocycles. The number of nitrogens with one attached hydrogen (secondary N) is 1. The van der Waals surface area contributed by atoms with Gasteiger partial charge in [0.15, 0.2) is 12.1 Å². The summed E-state index contributed by atoms with van der Waals surface area (Å²) >= 11 is 0. The van der Waals surface area contributed by atoms with E-state index in [4.69, 9.17) is 21.0 Å². The summed E-state index contributed by atoms with van der Waals surface area (Å²) in [4.78, 5) is 30.6. The second kappa shape index (κ2) is 8.92. The highest BCUT2D eigenvalue weighted by Gasteiger charge is 2.26.